The molecule has 110 valence electrons. The van der Waals surface area contributed by atoms with Crippen LogP contribution in [0.3, 0.4) is 0 Å². The molecule has 0 radical (unpaired) electrons. The second kappa shape index (κ2) is 5.51. The maximum atomic E-state index is 12.6. The monoisotopic (exact) mass is 298 g/mol. The molecule has 1 aromatic carbocycles. The Hall–Kier alpha value is -1.44. The number of nitrogens with two attached hydrogens (primary N) is 1. The molecule has 1 heterocycles. The average molecular weight is 298 g/mol. The van der Waals surface area contributed by atoms with Crippen LogP contribution < -0.4 is 5.73 Å². The van der Waals surface area contributed by atoms with Gasteiger partial charge in [0.15, 0.2) is 0 Å². The first kappa shape index (κ1) is 15.0. The molecule has 3 N–H and O–H groups in total. The first-order chi connectivity index (χ1) is 9.34. The number of carboxylic acids is 1. The molecule has 1 saturated heterocycles. The van der Waals surface area contributed by atoms with Gasteiger partial charge in [0.2, 0.25) is 10.0 Å². The lowest BCUT2D eigenvalue weighted by atomic mass is 10.1. The fourth-order valence-electron chi connectivity index (χ4n) is 2.46. The van der Waals surface area contributed by atoms with Gasteiger partial charge in [-0.15, -0.1) is 0 Å². The number of carbonyl (C=O) groups is 1. The van der Waals surface area contributed by atoms with E-state index < -0.39 is 16.0 Å². The summed E-state index contributed by atoms with van der Waals surface area (Å²) in [6, 6.07) is 4.13. The van der Waals surface area contributed by atoms with E-state index in [1.807, 2.05) is 0 Å². The summed E-state index contributed by atoms with van der Waals surface area (Å²) in [6.45, 7) is 2.21. The molecule has 0 aromatic heterocycles. The number of rotatable bonds is 3. The second-order valence-corrected chi connectivity index (χ2v) is 6.91. The molecule has 1 aliphatic heterocycles. The predicted octanol–water partition coefficient (Wildman–Crippen LogP) is 0.805. The molecule has 2 rings (SSSR count). The summed E-state index contributed by atoms with van der Waals surface area (Å²) in [5.74, 6) is -1.13. The molecule has 1 unspecified atom stereocenters. The van der Waals surface area contributed by atoms with Crippen LogP contribution in [0.2, 0.25) is 0 Å². The zero-order chi connectivity index (χ0) is 14.9. The van der Waals surface area contributed by atoms with E-state index in [-0.39, 0.29) is 28.6 Å². The van der Waals surface area contributed by atoms with E-state index in [0.717, 1.165) is 12.8 Å². The van der Waals surface area contributed by atoms with Crippen LogP contribution in [0.1, 0.15) is 28.8 Å². The Balaban J connectivity index is 2.44. The third-order valence-electron chi connectivity index (χ3n) is 3.55. The van der Waals surface area contributed by atoms with Crippen molar-refractivity contribution in [2.24, 2.45) is 5.73 Å². The van der Waals surface area contributed by atoms with Gasteiger partial charge in [-0.2, -0.15) is 4.31 Å². The molecule has 20 heavy (non-hydrogen) atoms. The number of piperidine rings is 1. The summed E-state index contributed by atoms with van der Waals surface area (Å²) >= 11 is 0. The average Bonchev–Trinajstić information content (AvgIpc) is 2.38. The van der Waals surface area contributed by atoms with Crippen molar-refractivity contribution >= 4 is 16.0 Å². The van der Waals surface area contributed by atoms with Crippen molar-refractivity contribution in [3.05, 3.63) is 29.3 Å². The van der Waals surface area contributed by atoms with Crippen molar-refractivity contribution in [3.8, 4) is 0 Å². The van der Waals surface area contributed by atoms with Gasteiger partial charge in [0.1, 0.15) is 0 Å². The smallest absolute Gasteiger partial charge is 0.335 e. The maximum Gasteiger partial charge on any atom is 0.335 e. The largest absolute Gasteiger partial charge is 0.478 e. The van der Waals surface area contributed by atoms with Crippen LogP contribution >= 0.6 is 0 Å². The lowest BCUT2D eigenvalue weighted by Crippen LogP contribution is -2.45. The lowest BCUT2D eigenvalue weighted by molar-refractivity contribution is 0.0696. The van der Waals surface area contributed by atoms with Crippen LogP contribution in [0, 0.1) is 6.92 Å². The van der Waals surface area contributed by atoms with Crippen LogP contribution in [0.15, 0.2) is 23.1 Å². The topological polar surface area (TPSA) is 101 Å². The number of carboxylic acid groups (broad SMARTS) is 1. The molecule has 1 aromatic rings. The van der Waals surface area contributed by atoms with Gasteiger partial charge >= 0.3 is 5.97 Å². The van der Waals surface area contributed by atoms with E-state index in [2.05, 4.69) is 0 Å². The van der Waals surface area contributed by atoms with Crippen molar-refractivity contribution in [1.29, 1.82) is 0 Å². The minimum Gasteiger partial charge on any atom is -0.478 e. The number of hydrogen-bond acceptors (Lipinski definition) is 4. The molecule has 0 amide bonds. The van der Waals surface area contributed by atoms with Crippen LogP contribution in [0.5, 0.6) is 0 Å². The molecule has 7 heteroatoms. The Morgan fingerprint density at radius 1 is 1.45 bits per heavy atom. The SMILES string of the molecule is Cc1c(C(=O)O)cccc1S(=O)(=O)N1CCCC(N)C1. The summed E-state index contributed by atoms with van der Waals surface area (Å²) in [4.78, 5) is 11.1. The lowest BCUT2D eigenvalue weighted by Gasteiger charge is -2.30. The number of benzene rings is 1. The summed E-state index contributed by atoms with van der Waals surface area (Å²) in [7, 11) is -3.69. The van der Waals surface area contributed by atoms with Crippen molar-refractivity contribution in [2.45, 2.75) is 30.7 Å². The first-order valence-electron chi connectivity index (χ1n) is 6.42. The Labute approximate surface area is 118 Å². The van der Waals surface area contributed by atoms with Gasteiger partial charge in [-0.05, 0) is 37.5 Å². The van der Waals surface area contributed by atoms with Gasteiger partial charge in [-0.1, -0.05) is 6.07 Å². The first-order valence-corrected chi connectivity index (χ1v) is 7.86. The summed E-state index contributed by atoms with van der Waals surface area (Å²) in [6.07, 6.45) is 1.53. The van der Waals surface area contributed by atoms with Gasteiger partial charge in [0.25, 0.3) is 0 Å². The van der Waals surface area contributed by atoms with E-state index in [1.165, 1.54) is 29.4 Å². The second-order valence-electron chi connectivity index (χ2n) is 5.00. The Bertz CT molecular complexity index is 627. The molecule has 0 bridgehead atoms. The van der Waals surface area contributed by atoms with Gasteiger partial charge in [-0.3, -0.25) is 0 Å². The van der Waals surface area contributed by atoms with Crippen LogP contribution in [0.4, 0.5) is 0 Å². The molecule has 0 saturated carbocycles. The third-order valence-corrected chi connectivity index (χ3v) is 5.56. The number of hydrogen-bond donors (Lipinski definition) is 2. The van der Waals surface area contributed by atoms with Gasteiger partial charge in [0.05, 0.1) is 10.5 Å². The van der Waals surface area contributed by atoms with E-state index in [9.17, 15) is 13.2 Å². The molecular weight excluding hydrogens is 280 g/mol. The zero-order valence-corrected chi connectivity index (χ0v) is 12.1. The number of sulfonamides is 1. The van der Waals surface area contributed by atoms with Crippen molar-refractivity contribution in [3.63, 3.8) is 0 Å². The van der Waals surface area contributed by atoms with Crippen molar-refractivity contribution < 1.29 is 18.3 Å². The van der Waals surface area contributed by atoms with E-state index >= 15 is 0 Å². The summed E-state index contributed by atoms with van der Waals surface area (Å²) in [5, 5.41) is 9.08. The third kappa shape index (κ3) is 2.70. The summed E-state index contributed by atoms with van der Waals surface area (Å²) < 4.78 is 26.6. The Morgan fingerprint density at radius 2 is 2.15 bits per heavy atom. The van der Waals surface area contributed by atoms with E-state index in [0.29, 0.717) is 6.54 Å². The molecule has 0 spiro atoms. The quantitative estimate of drug-likeness (QED) is 0.860. The summed E-state index contributed by atoms with van der Waals surface area (Å²) in [5.41, 5.74) is 6.09. The number of aromatic carboxylic acids is 1. The highest BCUT2D eigenvalue weighted by Crippen LogP contribution is 2.25. The number of nitrogens with zero attached hydrogens (tertiary/aromatic N) is 1. The minimum absolute atomic E-state index is 0.00684. The molecule has 6 nitrogen and oxygen atoms in total. The molecule has 1 aliphatic rings. The fourth-order valence-corrected chi connectivity index (χ4v) is 4.24. The normalized spacial score (nSPS) is 20.8. The zero-order valence-electron chi connectivity index (χ0n) is 11.2. The van der Waals surface area contributed by atoms with Gasteiger partial charge in [0, 0.05) is 19.1 Å². The molecular formula is C13H18N2O4S. The standard InChI is InChI=1S/C13H18N2O4S/c1-9-11(13(16)17)5-2-6-12(9)20(18,19)15-7-3-4-10(14)8-15/h2,5-6,10H,3-4,7-8,14H2,1H3,(H,16,17). The van der Waals surface area contributed by atoms with Crippen LogP contribution in [-0.4, -0.2) is 42.9 Å². The van der Waals surface area contributed by atoms with Gasteiger partial charge in [-0.25, -0.2) is 13.2 Å². The predicted molar refractivity (Wildman–Crippen MR) is 74.1 cm³/mol. The van der Waals surface area contributed by atoms with E-state index in [1.54, 1.807) is 0 Å². The van der Waals surface area contributed by atoms with Crippen LogP contribution in [-0.2, 0) is 10.0 Å². The highest BCUT2D eigenvalue weighted by Gasteiger charge is 2.30. The van der Waals surface area contributed by atoms with Crippen LogP contribution in [0.25, 0.3) is 0 Å². The van der Waals surface area contributed by atoms with Crippen molar-refractivity contribution in [1.82, 2.24) is 4.31 Å². The van der Waals surface area contributed by atoms with Gasteiger partial charge < -0.3 is 10.8 Å². The van der Waals surface area contributed by atoms with Crippen molar-refractivity contribution in [2.75, 3.05) is 13.1 Å². The molecule has 0 aliphatic carbocycles. The molecule has 1 fully saturated rings. The highest BCUT2D eigenvalue weighted by atomic mass is 32.2. The Morgan fingerprint density at radius 3 is 2.75 bits per heavy atom. The fraction of sp³-hybridized carbons (Fsp3) is 0.462. The van der Waals surface area contributed by atoms with E-state index in [4.69, 9.17) is 10.8 Å². The maximum absolute atomic E-state index is 12.6. The Kier molecular flexibility index (Phi) is 4.12. The molecule has 1 atom stereocenters. The highest BCUT2D eigenvalue weighted by molar-refractivity contribution is 7.89. The minimum atomic E-state index is -3.69.